The van der Waals surface area contributed by atoms with Gasteiger partial charge in [0.1, 0.15) is 0 Å². The van der Waals surface area contributed by atoms with Crippen LogP contribution in [0.5, 0.6) is 0 Å². The van der Waals surface area contributed by atoms with Gasteiger partial charge in [-0.3, -0.25) is 0 Å². The summed E-state index contributed by atoms with van der Waals surface area (Å²) < 4.78 is 0. The summed E-state index contributed by atoms with van der Waals surface area (Å²) in [4.78, 5) is 1.46. The van der Waals surface area contributed by atoms with Crippen LogP contribution in [0.3, 0.4) is 0 Å². The highest BCUT2D eigenvalue weighted by Crippen LogP contribution is 2.27. The smallest absolute Gasteiger partial charge is 0.206 e. The van der Waals surface area contributed by atoms with Gasteiger partial charge in [0.05, 0.1) is 7.05 Å². The molecule has 0 bridgehead atoms. The lowest BCUT2D eigenvalue weighted by Crippen LogP contribution is -1.95. The van der Waals surface area contributed by atoms with E-state index < -0.39 is 0 Å². The molecule has 1 heterocycles. The van der Waals surface area contributed by atoms with Gasteiger partial charge in [0.2, 0.25) is 5.82 Å². The molecule has 0 aliphatic carbocycles. The van der Waals surface area contributed by atoms with Crippen LogP contribution >= 0.6 is 0 Å². The van der Waals surface area contributed by atoms with Crippen LogP contribution < -0.4 is 5.32 Å². The number of hydrogen-bond acceptors (Lipinski definition) is 4. The molecule has 0 spiro atoms. The molecule has 0 amide bonds. The van der Waals surface area contributed by atoms with Crippen molar-refractivity contribution in [3.05, 3.63) is 54.1 Å². The average molecular weight is 265 g/mol. The Morgan fingerprint density at radius 2 is 1.75 bits per heavy atom. The summed E-state index contributed by atoms with van der Waals surface area (Å²) in [5.74, 6) is 0.614. The van der Waals surface area contributed by atoms with Crippen molar-refractivity contribution in [1.29, 1.82) is 0 Å². The molecule has 0 unspecified atom stereocenters. The van der Waals surface area contributed by atoms with Crippen LogP contribution in [0.1, 0.15) is 5.56 Å². The summed E-state index contributed by atoms with van der Waals surface area (Å²) in [5, 5.41) is 15.6. The van der Waals surface area contributed by atoms with Gasteiger partial charge in [-0.25, -0.2) is 0 Å². The van der Waals surface area contributed by atoms with E-state index in [0.717, 1.165) is 16.9 Å². The number of nitrogens with zero attached hydrogens (tertiary/aromatic N) is 4. The normalized spacial score (nSPS) is 10.5. The maximum Gasteiger partial charge on any atom is 0.206 e. The van der Waals surface area contributed by atoms with E-state index in [1.807, 2.05) is 24.3 Å². The molecule has 1 aromatic heterocycles. The summed E-state index contributed by atoms with van der Waals surface area (Å²) in [5.41, 5.74) is 4.16. The van der Waals surface area contributed by atoms with Gasteiger partial charge in [-0.05, 0) is 36.4 Å². The predicted octanol–water partition coefficient (Wildman–Crippen LogP) is 2.93. The molecule has 1 N–H and O–H groups in total. The number of benzene rings is 2. The second-order valence-electron chi connectivity index (χ2n) is 4.64. The lowest BCUT2D eigenvalue weighted by molar-refractivity contribution is 0.630. The van der Waals surface area contributed by atoms with Crippen molar-refractivity contribution in [1.82, 2.24) is 20.2 Å². The number of aromatic nitrogens is 4. The van der Waals surface area contributed by atoms with Crippen LogP contribution in [-0.2, 0) is 7.05 Å². The fourth-order valence-electron chi connectivity index (χ4n) is 1.97. The van der Waals surface area contributed by atoms with Crippen molar-refractivity contribution in [3.8, 4) is 11.4 Å². The molecular formula is C15H15N5. The third kappa shape index (κ3) is 2.51. The summed E-state index contributed by atoms with van der Waals surface area (Å²) in [7, 11) is 1.76. The number of para-hydroxylation sites is 1. The van der Waals surface area contributed by atoms with Crippen molar-refractivity contribution in [2.24, 2.45) is 7.05 Å². The van der Waals surface area contributed by atoms with E-state index in [0.29, 0.717) is 5.82 Å². The molecule has 0 saturated heterocycles. The van der Waals surface area contributed by atoms with Crippen LogP contribution in [-0.4, -0.2) is 20.2 Å². The minimum Gasteiger partial charge on any atom is -0.355 e. The largest absolute Gasteiger partial charge is 0.355 e. The molecular weight excluding hydrogens is 250 g/mol. The zero-order valence-electron chi connectivity index (χ0n) is 11.4. The third-order valence-corrected chi connectivity index (χ3v) is 3.01. The van der Waals surface area contributed by atoms with Crippen molar-refractivity contribution >= 4 is 11.4 Å². The fourth-order valence-corrected chi connectivity index (χ4v) is 1.97. The van der Waals surface area contributed by atoms with Crippen LogP contribution in [0.15, 0.2) is 48.5 Å². The van der Waals surface area contributed by atoms with Gasteiger partial charge in [-0.1, -0.05) is 29.8 Å². The number of hydrogen-bond donors (Lipinski definition) is 1. The highest BCUT2D eigenvalue weighted by Gasteiger charge is 2.09. The van der Waals surface area contributed by atoms with E-state index in [9.17, 15) is 0 Å². The van der Waals surface area contributed by atoms with E-state index in [-0.39, 0.29) is 0 Å². The Hall–Kier alpha value is -2.69. The molecule has 0 saturated carbocycles. The molecule has 2 aromatic carbocycles. The first-order valence-corrected chi connectivity index (χ1v) is 6.39. The van der Waals surface area contributed by atoms with E-state index in [1.54, 1.807) is 7.05 Å². The number of aryl methyl sites for hydroxylation is 2. The molecule has 0 radical (unpaired) electrons. The second-order valence-corrected chi connectivity index (χ2v) is 4.64. The lowest BCUT2D eigenvalue weighted by atomic mass is 10.1. The quantitative estimate of drug-likeness (QED) is 0.791. The number of anilines is 2. The highest BCUT2D eigenvalue weighted by molar-refractivity contribution is 5.77. The van der Waals surface area contributed by atoms with Crippen LogP contribution in [0, 0.1) is 6.92 Å². The lowest BCUT2D eigenvalue weighted by Gasteiger charge is -2.10. The Morgan fingerprint density at radius 1 is 1.00 bits per heavy atom. The first-order valence-electron chi connectivity index (χ1n) is 6.39. The van der Waals surface area contributed by atoms with E-state index in [4.69, 9.17) is 0 Å². The standard InChI is InChI=1S/C15H15N5/c1-11-7-9-12(10-8-11)16-14-6-4-3-5-13(14)15-17-19-20(2)18-15/h3-10,16H,1-2H3. The van der Waals surface area contributed by atoms with Crippen molar-refractivity contribution in [3.63, 3.8) is 0 Å². The van der Waals surface area contributed by atoms with Crippen molar-refractivity contribution in [2.75, 3.05) is 5.32 Å². The van der Waals surface area contributed by atoms with Crippen molar-refractivity contribution in [2.45, 2.75) is 6.92 Å². The van der Waals surface area contributed by atoms with Crippen LogP contribution in [0.25, 0.3) is 11.4 Å². The molecule has 0 aliphatic heterocycles. The second kappa shape index (κ2) is 5.13. The fraction of sp³-hybridized carbons (Fsp3) is 0.133. The van der Waals surface area contributed by atoms with Crippen LogP contribution in [0.2, 0.25) is 0 Å². The van der Waals surface area contributed by atoms with Gasteiger partial charge in [0.25, 0.3) is 0 Å². The SMILES string of the molecule is Cc1ccc(Nc2ccccc2-c2nnn(C)n2)cc1. The molecule has 3 aromatic rings. The average Bonchev–Trinajstić information content (AvgIpc) is 2.88. The predicted molar refractivity (Wildman–Crippen MR) is 78.7 cm³/mol. The molecule has 100 valence electrons. The molecule has 20 heavy (non-hydrogen) atoms. The molecule has 0 aliphatic rings. The summed E-state index contributed by atoms with van der Waals surface area (Å²) in [6.07, 6.45) is 0. The molecule has 0 fully saturated rings. The van der Waals surface area contributed by atoms with E-state index >= 15 is 0 Å². The van der Waals surface area contributed by atoms with Gasteiger partial charge >= 0.3 is 0 Å². The van der Waals surface area contributed by atoms with Gasteiger partial charge in [-0.2, -0.15) is 4.80 Å². The third-order valence-electron chi connectivity index (χ3n) is 3.01. The van der Waals surface area contributed by atoms with Crippen LogP contribution in [0.4, 0.5) is 11.4 Å². The monoisotopic (exact) mass is 265 g/mol. The molecule has 3 rings (SSSR count). The molecule has 5 nitrogen and oxygen atoms in total. The first kappa shape index (κ1) is 12.3. The van der Waals surface area contributed by atoms with Gasteiger partial charge in [0, 0.05) is 16.9 Å². The van der Waals surface area contributed by atoms with Gasteiger partial charge < -0.3 is 5.32 Å². The zero-order chi connectivity index (χ0) is 13.9. The molecule has 0 atom stereocenters. The van der Waals surface area contributed by atoms with Crippen molar-refractivity contribution < 1.29 is 0 Å². The number of tetrazole rings is 1. The minimum atomic E-state index is 0.614. The highest BCUT2D eigenvalue weighted by atomic mass is 15.6. The Balaban J connectivity index is 1.96. The maximum atomic E-state index is 4.25. The van der Waals surface area contributed by atoms with Gasteiger partial charge in [0.15, 0.2) is 0 Å². The number of nitrogens with one attached hydrogen (secondary N) is 1. The van der Waals surface area contributed by atoms with Gasteiger partial charge in [-0.15, -0.1) is 10.2 Å². The topological polar surface area (TPSA) is 55.6 Å². The minimum absolute atomic E-state index is 0.614. The Morgan fingerprint density at radius 3 is 2.45 bits per heavy atom. The maximum absolute atomic E-state index is 4.25. The van der Waals surface area contributed by atoms with E-state index in [1.165, 1.54) is 10.4 Å². The zero-order valence-corrected chi connectivity index (χ0v) is 11.4. The van der Waals surface area contributed by atoms with E-state index in [2.05, 4.69) is 51.9 Å². The summed E-state index contributed by atoms with van der Waals surface area (Å²) >= 11 is 0. The summed E-state index contributed by atoms with van der Waals surface area (Å²) in [6, 6.07) is 16.2. The Kier molecular flexibility index (Phi) is 3.16. The Labute approximate surface area is 117 Å². The first-order chi connectivity index (χ1) is 9.72. The summed E-state index contributed by atoms with van der Waals surface area (Å²) in [6.45, 7) is 2.07. The number of rotatable bonds is 3. The molecule has 5 heteroatoms. The Bertz CT molecular complexity index is 715.